The Kier molecular flexibility index (Phi) is 4.36. The Bertz CT molecular complexity index is 540. The van der Waals surface area contributed by atoms with Crippen LogP contribution in [0.5, 0.6) is 0 Å². The molecule has 2 aromatic carbocycles. The molecule has 0 aliphatic rings. The van der Waals surface area contributed by atoms with Gasteiger partial charge < -0.3 is 10.5 Å². The maximum Gasteiger partial charge on any atom is 0.337 e. The number of hydrogen-bond donors (Lipinski definition) is 1. The van der Waals surface area contributed by atoms with E-state index < -0.39 is 8.80 Å². The summed E-state index contributed by atoms with van der Waals surface area (Å²) >= 11 is 0. The minimum atomic E-state index is -1.22. The molecule has 0 saturated carbocycles. The van der Waals surface area contributed by atoms with E-state index in [4.69, 9.17) is 10.5 Å². The molecule has 1 atom stereocenters. The number of nitrogen functional groups attached to an aromatic ring is 1. The van der Waals surface area contributed by atoms with Gasteiger partial charge in [0.1, 0.15) is 8.80 Å². The summed E-state index contributed by atoms with van der Waals surface area (Å²) in [6.07, 6.45) is 0.507. The minimum absolute atomic E-state index is 0.282. The standard InChI is InChI=1S/C15H17NO2Si/c1-19(14-5-3-2-4-6-14)11-18-15(17)12-7-9-13(16)10-8-12/h2-10,19H,11,16H2,1H3. The van der Waals surface area contributed by atoms with E-state index >= 15 is 0 Å². The van der Waals surface area contributed by atoms with Crippen LogP contribution in [-0.2, 0) is 4.74 Å². The summed E-state index contributed by atoms with van der Waals surface area (Å²) in [6.45, 7) is 2.17. The number of nitrogens with two attached hydrogens (primary N) is 1. The Balaban J connectivity index is 1.92. The van der Waals surface area contributed by atoms with Crippen molar-refractivity contribution in [1.29, 1.82) is 0 Å². The van der Waals surface area contributed by atoms with Crippen LogP contribution in [-0.4, -0.2) is 21.0 Å². The minimum Gasteiger partial charge on any atom is -0.466 e. The molecule has 0 aromatic heterocycles. The number of rotatable bonds is 4. The van der Waals surface area contributed by atoms with Gasteiger partial charge in [-0.25, -0.2) is 4.79 Å². The van der Waals surface area contributed by atoms with E-state index in [1.807, 2.05) is 18.2 Å². The third-order valence-corrected chi connectivity index (χ3v) is 5.17. The van der Waals surface area contributed by atoms with Crippen molar-refractivity contribution >= 4 is 25.6 Å². The Morgan fingerprint density at radius 3 is 2.37 bits per heavy atom. The predicted molar refractivity (Wildman–Crippen MR) is 80.2 cm³/mol. The van der Waals surface area contributed by atoms with E-state index in [1.165, 1.54) is 5.19 Å². The fraction of sp³-hybridized carbons (Fsp3) is 0.133. The molecule has 2 aromatic rings. The highest BCUT2D eigenvalue weighted by molar-refractivity contribution is 6.72. The number of carbonyl (C=O) groups is 1. The third kappa shape index (κ3) is 3.69. The van der Waals surface area contributed by atoms with Gasteiger partial charge >= 0.3 is 5.97 Å². The molecule has 4 heteroatoms. The smallest absolute Gasteiger partial charge is 0.337 e. The maximum atomic E-state index is 11.9. The van der Waals surface area contributed by atoms with Gasteiger partial charge in [-0.3, -0.25) is 0 Å². The molecular formula is C15H17NO2Si. The van der Waals surface area contributed by atoms with Gasteiger partial charge in [0, 0.05) is 5.69 Å². The first-order chi connectivity index (χ1) is 9.16. The first kappa shape index (κ1) is 13.4. The monoisotopic (exact) mass is 271 g/mol. The Hall–Kier alpha value is -2.07. The lowest BCUT2D eigenvalue weighted by Crippen LogP contribution is -2.33. The molecule has 0 fully saturated rings. The molecule has 2 rings (SSSR count). The second-order valence-electron chi connectivity index (χ2n) is 4.53. The number of anilines is 1. The molecule has 0 aliphatic carbocycles. The summed E-state index contributed by atoms with van der Waals surface area (Å²) in [5.74, 6) is -0.282. The van der Waals surface area contributed by atoms with Crippen LogP contribution < -0.4 is 10.9 Å². The first-order valence-electron chi connectivity index (χ1n) is 6.24. The lowest BCUT2D eigenvalue weighted by molar-refractivity contribution is 0.0569. The zero-order valence-electron chi connectivity index (χ0n) is 10.9. The lowest BCUT2D eigenvalue weighted by Gasteiger charge is -2.11. The van der Waals surface area contributed by atoms with Crippen LogP contribution in [0.3, 0.4) is 0 Å². The van der Waals surface area contributed by atoms with Crippen molar-refractivity contribution in [2.75, 3.05) is 12.0 Å². The second-order valence-corrected chi connectivity index (χ2v) is 7.33. The molecule has 3 nitrogen and oxygen atoms in total. The Morgan fingerprint density at radius 1 is 1.11 bits per heavy atom. The number of benzene rings is 2. The quantitative estimate of drug-likeness (QED) is 0.523. The average molecular weight is 271 g/mol. The predicted octanol–water partition coefficient (Wildman–Crippen LogP) is 1.73. The van der Waals surface area contributed by atoms with E-state index in [2.05, 4.69) is 18.7 Å². The molecule has 0 aliphatic heterocycles. The topological polar surface area (TPSA) is 52.3 Å². The zero-order chi connectivity index (χ0) is 13.7. The van der Waals surface area contributed by atoms with Gasteiger partial charge in [0.15, 0.2) is 0 Å². The molecular weight excluding hydrogens is 254 g/mol. The molecule has 0 radical (unpaired) electrons. The number of carbonyl (C=O) groups excluding carboxylic acids is 1. The van der Waals surface area contributed by atoms with Crippen LogP contribution in [0.15, 0.2) is 54.6 Å². The van der Waals surface area contributed by atoms with E-state index in [0.717, 1.165) is 0 Å². The Labute approximate surface area is 114 Å². The van der Waals surface area contributed by atoms with Gasteiger partial charge in [-0.1, -0.05) is 42.1 Å². The molecule has 0 spiro atoms. The van der Waals surface area contributed by atoms with Gasteiger partial charge in [0.05, 0.1) is 11.8 Å². The van der Waals surface area contributed by atoms with Crippen molar-refractivity contribution in [2.45, 2.75) is 6.55 Å². The van der Waals surface area contributed by atoms with E-state index in [1.54, 1.807) is 24.3 Å². The summed E-state index contributed by atoms with van der Waals surface area (Å²) in [6, 6.07) is 17.0. The maximum absolute atomic E-state index is 11.9. The van der Waals surface area contributed by atoms with Gasteiger partial charge in [-0.15, -0.1) is 0 Å². The normalized spacial score (nSPS) is 11.8. The fourth-order valence-electron chi connectivity index (χ4n) is 1.78. The lowest BCUT2D eigenvalue weighted by atomic mass is 10.2. The first-order valence-corrected chi connectivity index (χ1v) is 8.79. The van der Waals surface area contributed by atoms with Crippen LogP contribution in [0, 0.1) is 0 Å². The molecule has 0 heterocycles. The van der Waals surface area contributed by atoms with Gasteiger partial charge in [-0.2, -0.15) is 0 Å². The van der Waals surface area contributed by atoms with Crippen LogP contribution in [0.2, 0.25) is 6.55 Å². The third-order valence-electron chi connectivity index (χ3n) is 2.98. The second kappa shape index (κ2) is 6.20. The summed E-state index contributed by atoms with van der Waals surface area (Å²) in [4.78, 5) is 11.9. The zero-order valence-corrected chi connectivity index (χ0v) is 12.0. The van der Waals surface area contributed by atoms with Crippen LogP contribution in [0.1, 0.15) is 10.4 Å². The van der Waals surface area contributed by atoms with Crippen LogP contribution in [0.25, 0.3) is 0 Å². The highest BCUT2D eigenvalue weighted by Gasteiger charge is 2.12. The van der Waals surface area contributed by atoms with Gasteiger partial charge in [0.2, 0.25) is 0 Å². The van der Waals surface area contributed by atoms with Crippen molar-refractivity contribution in [3.05, 3.63) is 60.2 Å². The molecule has 2 N–H and O–H groups in total. The van der Waals surface area contributed by atoms with Crippen LogP contribution in [0.4, 0.5) is 5.69 Å². The van der Waals surface area contributed by atoms with Crippen molar-refractivity contribution < 1.29 is 9.53 Å². The number of esters is 1. The molecule has 0 bridgehead atoms. The van der Waals surface area contributed by atoms with E-state index in [0.29, 0.717) is 17.5 Å². The SMILES string of the molecule is C[SiH](COC(=O)c1ccc(N)cc1)c1ccccc1. The highest BCUT2D eigenvalue weighted by atomic mass is 28.3. The molecule has 19 heavy (non-hydrogen) atoms. The van der Waals surface area contributed by atoms with Gasteiger partial charge in [0.25, 0.3) is 0 Å². The molecule has 0 amide bonds. The fourth-order valence-corrected chi connectivity index (χ4v) is 3.25. The largest absolute Gasteiger partial charge is 0.466 e. The Morgan fingerprint density at radius 2 is 1.74 bits per heavy atom. The molecule has 0 saturated heterocycles. The summed E-state index contributed by atoms with van der Waals surface area (Å²) in [7, 11) is -1.22. The van der Waals surface area contributed by atoms with E-state index in [9.17, 15) is 4.79 Å². The highest BCUT2D eigenvalue weighted by Crippen LogP contribution is 2.07. The van der Waals surface area contributed by atoms with E-state index in [-0.39, 0.29) is 5.97 Å². The van der Waals surface area contributed by atoms with Crippen LogP contribution >= 0.6 is 0 Å². The summed E-state index contributed by atoms with van der Waals surface area (Å²) in [5.41, 5.74) is 6.77. The van der Waals surface area contributed by atoms with Crippen molar-refractivity contribution in [1.82, 2.24) is 0 Å². The molecule has 1 unspecified atom stereocenters. The van der Waals surface area contributed by atoms with Crippen molar-refractivity contribution in [3.8, 4) is 0 Å². The number of hydrogen-bond acceptors (Lipinski definition) is 3. The van der Waals surface area contributed by atoms with Crippen molar-refractivity contribution in [3.63, 3.8) is 0 Å². The number of ether oxygens (including phenoxy) is 1. The average Bonchev–Trinajstić information content (AvgIpc) is 2.46. The van der Waals surface area contributed by atoms with Crippen molar-refractivity contribution in [2.24, 2.45) is 0 Å². The summed E-state index contributed by atoms with van der Waals surface area (Å²) < 4.78 is 5.37. The molecule has 98 valence electrons. The van der Waals surface area contributed by atoms with Gasteiger partial charge in [-0.05, 0) is 24.3 Å². The summed E-state index contributed by atoms with van der Waals surface area (Å²) in [5, 5.41) is 1.30.